The Labute approximate surface area is 131 Å². The van der Waals surface area contributed by atoms with Gasteiger partial charge in [-0.05, 0) is 42.8 Å². The molecule has 0 heterocycles. The summed E-state index contributed by atoms with van der Waals surface area (Å²) in [4.78, 5) is 12.5. The summed E-state index contributed by atoms with van der Waals surface area (Å²) in [7, 11) is 0. The van der Waals surface area contributed by atoms with Crippen LogP contribution in [0.5, 0.6) is 0 Å². The van der Waals surface area contributed by atoms with Gasteiger partial charge in [-0.15, -0.1) is 0 Å². The van der Waals surface area contributed by atoms with Crippen molar-refractivity contribution >= 4 is 29.0 Å². The largest absolute Gasteiger partial charge is 0.292 e. The second kappa shape index (κ2) is 6.26. The molecule has 2 aromatic rings. The molecule has 0 saturated carbocycles. The SMILES string of the molecule is Cc1cc(Cl)ccc1C(=O)C(C#N)c1c(F)cccc1Cl. The molecule has 1 atom stereocenters. The molecule has 0 saturated heterocycles. The lowest BCUT2D eigenvalue weighted by Gasteiger charge is -2.13. The number of Topliss-reactive ketones (excluding diaryl/α,β-unsaturated/α-hetero) is 1. The number of rotatable bonds is 3. The summed E-state index contributed by atoms with van der Waals surface area (Å²) in [6.07, 6.45) is 0. The van der Waals surface area contributed by atoms with Crippen LogP contribution in [0.4, 0.5) is 4.39 Å². The zero-order valence-electron chi connectivity index (χ0n) is 11.0. The molecule has 0 aliphatic rings. The number of carbonyl (C=O) groups excluding carboxylic acids is 1. The highest BCUT2D eigenvalue weighted by Gasteiger charge is 2.27. The molecule has 2 nitrogen and oxygen atoms in total. The van der Waals surface area contributed by atoms with Gasteiger partial charge >= 0.3 is 0 Å². The van der Waals surface area contributed by atoms with E-state index in [0.29, 0.717) is 16.1 Å². The molecule has 5 heteroatoms. The van der Waals surface area contributed by atoms with Gasteiger partial charge in [0.15, 0.2) is 5.78 Å². The molecular weight excluding hydrogens is 312 g/mol. The van der Waals surface area contributed by atoms with Gasteiger partial charge in [0.1, 0.15) is 11.7 Å². The predicted octanol–water partition coefficient (Wildman–Crippen LogP) is 4.93. The maximum absolute atomic E-state index is 13.9. The quantitative estimate of drug-likeness (QED) is 0.752. The first-order valence-corrected chi connectivity index (χ1v) is 6.85. The minimum absolute atomic E-state index is 0.0570. The fourth-order valence-corrected chi connectivity index (χ4v) is 2.60. The van der Waals surface area contributed by atoms with Gasteiger partial charge in [-0.1, -0.05) is 29.3 Å². The van der Waals surface area contributed by atoms with Crippen molar-refractivity contribution in [3.8, 4) is 6.07 Å². The number of nitriles is 1. The Morgan fingerprint density at radius 2 is 2.00 bits per heavy atom. The van der Waals surface area contributed by atoms with Crippen molar-refractivity contribution in [2.75, 3.05) is 0 Å². The molecule has 0 aliphatic carbocycles. The molecular formula is C16H10Cl2FNO. The van der Waals surface area contributed by atoms with Crippen LogP contribution in [-0.2, 0) is 0 Å². The lowest BCUT2D eigenvalue weighted by molar-refractivity contribution is 0.0977. The van der Waals surface area contributed by atoms with Crippen LogP contribution >= 0.6 is 23.2 Å². The van der Waals surface area contributed by atoms with E-state index in [4.69, 9.17) is 23.2 Å². The van der Waals surface area contributed by atoms with Crippen LogP contribution in [0.2, 0.25) is 10.0 Å². The van der Waals surface area contributed by atoms with Crippen molar-refractivity contribution in [1.82, 2.24) is 0 Å². The number of hydrogen-bond donors (Lipinski definition) is 0. The first-order valence-electron chi connectivity index (χ1n) is 6.09. The van der Waals surface area contributed by atoms with Crippen LogP contribution in [0.3, 0.4) is 0 Å². The van der Waals surface area contributed by atoms with Crippen LogP contribution in [0.1, 0.15) is 27.4 Å². The summed E-state index contributed by atoms with van der Waals surface area (Å²) in [5.74, 6) is -2.47. The smallest absolute Gasteiger partial charge is 0.184 e. The number of nitrogens with zero attached hydrogens (tertiary/aromatic N) is 1. The van der Waals surface area contributed by atoms with Gasteiger partial charge < -0.3 is 0 Å². The topological polar surface area (TPSA) is 40.9 Å². The first-order chi connectivity index (χ1) is 9.95. The van der Waals surface area contributed by atoms with Crippen LogP contribution in [-0.4, -0.2) is 5.78 Å². The number of ketones is 1. The molecule has 0 aromatic heterocycles. The Hall–Kier alpha value is -1.89. The second-order valence-electron chi connectivity index (χ2n) is 4.52. The lowest BCUT2D eigenvalue weighted by atomic mass is 9.89. The summed E-state index contributed by atoms with van der Waals surface area (Å²) in [5, 5.41) is 9.83. The highest BCUT2D eigenvalue weighted by atomic mass is 35.5. The third kappa shape index (κ3) is 3.07. The molecule has 2 rings (SSSR count). The van der Waals surface area contributed by atoms with Crippen LogP contribution in [0, 0.1) is 24.1 Å². The highest BCUT2D eigenvalue weighted by Crippen LogP contribution is 2.30. The van der Waals surface area contributed by atoms with Crippen molar-refractivity contribution in [2.24, 2.45) is 0 Å². The van der Waals surface area contributed by atoms with Crippen molar-refractivity contribution in [3.05, 3.63) is 69.0 Å². The third-order valence-electron chi connectivity index (χ3n) is 3.13. The van der Waals surface area contributed by atoms with E-state index >= 15 is 0 Å². The first kappa shape index (κ1) is 15.5. The van der Waals surface area contributed by atoms with Gasteiger partial charge in [-0.3, -0.25) is 4.79 Å². The molecule has 106 valence electrons. The Morgan fingerprint density at radius 1 is 1.29 bits per heavy atom. The summed E-state index contributed by atoms with van der Waals surface area (Å²) < 4.78 is 13.9. The van der Waals surface area contributed by atoms with Gasteiger partial charge in [0, 0.05) is 21.2 Å². The van der Waals surface area contributed by atoms with Crippen molar-refractivity contribution in [3.63, 3.8) is 0 Å². The van der Waals surface area contributed by atoms with Crippen molar-refractivity contribution in [1.29, 1.82) is 5.26 Å². The fourth-order valence-electron chi connectivity index (χ4n) is 2.10. The second-order valence-corrected chi connectivity index (χ2v) is 5.36. The molecule has 0 amide bonds. The van der Waals surface area contributed by atoms with E-state index in [1.807, 2.05) is 6.07 Å². The Balaban J connectivity index is 2.52. The Kier molecular flexibility index (Phi) is 4.62. The molecule has 2 aromatic carbocycles. The number of carbonyl (C=O) groups is 1. The molecule has 0 fully saturated rings. The average Bonchev–Trinajstić information content (AvgIpc) is 2.42. The zero-order chi connectivity index (χ0) is 15.6. The van der Waals surface area contributed by atoms with Crippen LogP contribution in [0.25, 0.3) is 0 Å². The standard InChI is InChI=1S/C16H10Cl2FNO/c1-9-7-10(17)5-6-11(9)16(21)12(8-20)15-13(18)3-2-4-14(15)19/h2-7,12H,1H3. The van der Waals surface area contributed by atoms with Gasteiger partial charge in [0.25, 0.3) is 0 Å². The molecule has 0 N–H and O–H groups in total. The molecule has 21 heavy (non-hydrogen) atoms. The predicted molar refractivity (Wildman–Crippen MR) is 80.3 cm³/mol. The van der Waals surface area contributed by atoms with Crippen LogP contribution in [0.15, 0.2) is 36.4 Å². The summed E-state index contributed by atoms with van der Waals surface area (Å²) >= 11 is 11.8. The highest BCUT2D eigenvalue weighted by molar-refractivity contribution is 6.32. The van der Waals surface area contributed by atoms with Gasteiger partial charge in [0.2, 0.25) is 0 Å². The van der Waals surface area contributed by atoms with E-state index in [1.165, 1.54) is 24.3 Å². The number of benzene rings is 2. The molecule has 1 unspecified atom stereocenters. The number of halogens is 3. The lowest BCUT2D eigenvalue weighted by Crippen LogP contribution is -2.14. The summed E-state index contributed by atoms with van der Waals surface area (Å²) in [5.41, 5.74) is 0.853. The summed E-state index contributed by atoms with van der Waals surface area (Å²) in [6.45, 7) is 1.70. The number of aryl methyl sites for hydroxylation is 1. The maximum Gasteiger partial charge on any atom is 0.184 e. The average molecular weight is 322 g/mol. The monoisotopic (exact) mass is 321 g/mol. The van der Waals surface area contributed by atoms with Crippen molar-refractivity contribution in [2.45, 2.75) is 12.8 Å². The van der Waals surface area contributed by atoms with Gasteiger partial charge in [-0.2, -0.15) is 5.26 Å². The Morgan fingerprint density at radius 3 is 2.57 bits per heavy atom. The third-order valence-corrected chi connectivity index (χ3v) is 3.70. The van der Waals surface area contributed by atoms with Crippen LogP contribution < -0.4 is 0 Å². The minimum atomic E-state index is -1.29. The van der Waals surface area contributed by atoms with E-state index in [-0.39, 0.29) is 10.6 Å². The molecule has 0 spiro atoms. The molecule has 0 bridgehead atoms. The van der Waals surface area contributed by atoms with E-state index < -0.39 is 17.5 Å². The molecule has 0 aliphatic heterocycles. The van der Waals surface area contributed by atoms with E-state index in [1.54, 1.807) is 19.1 Å². The molecule has 0 radical (unpaired) electrons. The fraction of sp³-hybridized carbons (Fsp3) is 0.125. The Bertz CT molecular complexity index is 732. The zero-order valence-corrected chi connectivity index (χ0v) is 12.5. The van der Waals surface area contributed by atoms with Gasteiger partial charge in [-0.25, -0.2) is 4.39 Å². The van der Waals surface area contributed by atoms with Crippen molar-refractivity contribution < 1.29 is 9.18 Å². The number of hydrogen-bond acceptors (Lipinski definition) is 2. The maximum atomic E-state index is 13.9. The minimum Gasteiger partial charge on any atom is -0.292 e. The van der Waals surface area contributed by atoms with E-state index in [2.05, 4.69) is 0 Å². The van der Waals surface area contributed by atoms with Gasteiger partial charge in [0.05, 0.1) is 6.07 Å². The summed E-state index contributed by atoms with van der Waals surface area (Å²) in [6, 6.07) is 10.6. The van der Waals surface area contributed by atoms with E-state index in [0.717, 1.165) is 0 Å². The van der Waals surface area contributed by atoms with E-state index in [9.17, 15) is 14.4 Å². The normalized spacial score (nSPS) is 11.8.